The van der Waals surface area contributed by atoms with Crippen molar-refractivity contribution in [2.75, 3.05) is 12.9 Å². The van der Waals surface area contributed by atoms with E-state index >= 15 is 0 Å². The SMILES string of the molecule is CC1=C(c2ccc(CN(C)C=O)c(O)c2)SCN1. The largest absolute Gasteiger partial charge is 0.508 e. The number of phenols is 1. The zero-order valence-electron chi connectivity index (χ0n) is 10.4. The van der Waals surface area contributed by atoms with Gasteiger partial charge in [-0.3, -0.25) is 4.79 Å². The molecule has 0 radical (unpaired) electrons. The third-order valence-corrected chi connectivity index (χ3v) is 3.96. The van der Waals surface area contributed by atoms with Gasteiger partial charge in [-0.05, 0) is 18.6 Å². The number of benzene rings is 1. The minimum atomic E-state index is 0.231. The van der Waals surface area contributed by atoms with E-state index in [0.29, 0.717) is 6.54 Å². The standard InChI is InChI=1S/C13H16N2O2S/c1-9-13(18-7-14-9)10-3-4-11(12(17)5-10)6-15(2)8-16/h3-5,8,14,17H,6-7H2,1-2H3. The third kappa shape index (κ3) is 2.61. The molecule has 1 aliphatic rings. The number of aromatic hydroxyl groups is 1. The topological polar surface area (TPSA) is 52.6 Å². The van der Waals surface area contributed by atoms with E-state index in [0.717, 1.165) is 29.1 Å². The van der Waals surface area contributed by atoms with Gasteiger partial charge in [0.05, 0.1) is 5.88 Å². The highest BCUT2D eigenvalue weighted by Crippen LogP contribution is 2.35. The zero-order valence-corrected chi connectivity index (χ0v) is 11.3. The van der Waals surface area contributed by atoms with Gasteiger partial charge in [0.25, 0.3) is 0 Å². The number of amides is 1. The molecule has 2 N–H and O–H groups in total. The number of phenolic OH excluding ortho intramolecular Hbond substituents is 1. The lowest BCUT2D eigenvalue weighted by Crippen LogP contribution is -2.14. The Balaban J connectivity index is 2.25. The van der Waals surface area contributed by atoms with Gasteiger partial charge in [0, 0.05) is 29.8 Å². The molecule has 0 atom stereocenters. The summed E-state index contributed by atoms with van der Waals surface area (Å²) in [5.41, 5.74) is 2.90. The molecule has 2 rings (SSSR count). The first-order valence-electron chi connectivity index (χ1n) is 5.67. The van der Waals surface area contributed by atoms with Crippen molar-refractivity contribution >= 4 is 23.1 Å². The van der Waals surface area contributed by atoms with E-state index < -0.39 is 0 Å². The van der Waals surface area contributed by atoms with E-state index in [9.17, 15) is 9.90 Å². The highest BCUT2D eigenvalue weighted by atomic mass is 32.2. The van der Waals surface area contributed by atoms with E-state index in [1.165, 1.54) is 9.81 Å². The Morgan fingerprint density at radius 1 is 1.56 bits per heavy atom. The van der Waals surface area contributed by atoms with Crippen molar-refractivity contribution in [3.8, 4) is 5.75 Å². The van der Waals surface area contributed by atoms with E-state index in [-0.39, 0.29) is 5.75 Å². The highest BCUT2D eigenvalue weighted by Gasteiger charge is 2.14. The Labute approximate surface area is 111 Å². The molecule has 0 aromatic heterocycles. The first-order valence-corrected chi connectivity index (χ1v) is 6.65. The minimum Gasteiger partial charge on any atom is -0.508 e. The number of carbonyl (C=O) groups is 1. The lowest BCUT2D eigenvalue weighted by atomic mass is 10.1. The Kier molecular flexibility index (Phi) is 3.81. The molecular weight excluding hydrogens is 248 g/mol. The van der Waals surface area contributed by atoms with Crippen LogP contribution in [0.1, 0.15) is 18.1 Å². The summed E-state index contributed by atoms with van der Waals surface area (Å²) in [6, 6.07) is 5.60. The lowest BCUT2D eigenvalue weighted by Gasteiger charge is -2.13. The fourth-order valence-corrected chi connectivity index (χ4v) is 2.86. The second-order valence-electron chi connectivity index (χ2n) is 4.28. The van der Waals surface area contributed by atoms with Gasteiger partial charge in [-0.15, -0.1) is 11.8 Å². The Bertz CT molecular complexity index is 500. The van der Waals surface area contributed by atoms with Crippen molar-refractivity contribution < 1.29 is 9.90 Å². The summed E-state index contributed by atoms with van der Waals surface area (Å²) in [7, 11) is 1.68. The first-order chi connectivity index (χ1) is 8.61. The summed E-state index contributed by atoms with van der Waals surface area (Å²) < 4.78 is 0. The molecule has 0 saturated heterocycles. The van der Waals surface area contributed by atoms with Crippen molar-refractivity contribution in [3.63, 3.8) is 0 Å². The van der Waals surface area contributed by atoms with E-state index in [2.05, 4.69) is 5.32 Å². The molecule has 0 bridgehead atoms. The second-order valence-corrected chi connectivity index (χ2v) is 5.27. The number of nitrogens with zero attached hydrogens (tertiary/aromatic N) is 1. The zero-order chi connectivity index (χ0) is 13.1. The van der Waals surface area contributed by atoms with Gasteiger partial charge in [-0.25, -0.2) is 0 Å². The predicted molar refractivity (Wildman–Crippen MR) is 73.8 cm³/mol. The number of thioether (sulfide) groups is 1. The average molecular weight is 264 g/mol. The molecule has 96 valence electrons. The normalized spacial score (nSPS) is 14.6. The van der Waals surface area contributed by atoms with Crippen LogP contribution in [0.4, 0.5) is 0 Å². The number of hydrogen-bond acceptors (Lipinski definition) is 4. The monoisotopic (exact) mass is 264 g/mol. The Hall–Kier alpha value is -1.62. The maximum Gasteiger partial charge on any atom is 0.209 e. The van der Waals surface area contributed by atoms with Crippen molar-refractivity contribution in [1.29, 1.82) is 0 Å². The van der Waals surface area contributed by atoms with Crippen LogP contribution < -0.4 is 5.32 Å². The first kappa shape index (κ1) is 12.8. The maximum absolute atomic E-state index is 10.6. The van der Waals surface area contributed by atoms with Crippen LogP contribution in [-0.2, 0) is 11.3 Å². The quantitative estimate of drug-likeness (QED) is 0.816. The molecule has 1 heterocycles. The van der Waals surface area contributed by atoms with Crippen molar-refractivity contribution in [3.05, 3.63) is 35.0 Å². The third-order valence-electron chi connectivity index (χ3n) is 2.84. The van der Waals surface area contributed by atoms with Crippen LogP contribution in [-0.4, -0.2) is 29.3 Å². The second kappa shape index (κ2) is 5.35. The van der Waals surface area contributed by atoms with E-state index in [4.69, 9.17) is 0 Å². The summed E-state index contributed by atoms with van der Waals surface area (Å²) in [6.07, 6.45) is 0.747. The number of hydrogen-bond donors (Lipinski definition) is 2. The Morgan fingerprint density at radius 2 is 2.33 bits per heavy atom. The number of allylic oxidation sites excluding steroid dienone is 1. The van der Waals surface area contributed by atoms with Gasteiger partial charge in [0.1, 0.15) is 5.75 Å². The average Bonchev–Trinajstić information content (AvgIpc) is 2.78. The van der Waals surface area contributed by atoms with E-state index in [1.54, 1.807) is 24.9 Å². The van der Waals surface area contributed by atoms with Crippen molar-refractivity contribution in [2.24, 2.45) is 0 Å². The minimum absolute atomic E-state index is 0.231. The molecule has 1 amide bonds. The summed E-state index contributed by atoms with van der Waals surface area (Å²) in [6.45, 7) is 2.44. The van der Waals surface area contributed by atoms with Crippen molar-refractivity contribution in [2.45, 2.75) is 13.5 Å². The molecular formula is C13H16N2O2S. The van der Waals surface area contributed by atoms with Gasteiger partial charge >= 0.3 is 0 Å². The smallest absolute Gasteiger partial charge is 0.209 e. The fourth-order valence-electron chi connectivity index (χ4n) is 1.85. The molecule has 1 aromatic rings. The molecule has 1 aromatic carbocycles. The molecule has 0 aliphatic carbocycles. The molecule has 0 spiro atoms. The van der Waals surface area contributed by atoms with Gasteiger partial charge in [0.15, 0.2) is 0 Å². The summed E-state index contributed by atoms with van der Waals surface area (Å²) >= 11 is 1.73. The van der Waals surface area contributed by atoms with Crippen LogP contribution >= 0.6 is 11.8 Å². The highest BCUT2D eigenvalue weighted by molar-refractivity contribution is 8.08. The lowest BCUT2D eigenvalue weighted by molar-refractivity contribution is -0.117. The molecule has 5 heteroatoms. The van der Waals surface area contributed by atoms with Crippen molar-refractivity contribution in [1.82, 2.24) is 10.2 Å². The molecule has 0 saturated carbocycles. The number of carbonyl (C=O) groups excluding carboxylic acids is 1. The van der Waals surface area contributed by atoms with Gasteiger partial charge in [-0.2, -0.15) is 0 Å². The number of nitrogens with one attached hydrogen (secondary N) is 1. The molecule has 4 nitrogen and oxygen atoms in total. The van der Waals surface area contributed by atoms with Crippen LogP contribution in [0.2, 0.25) is 0 Å². The summed E-state index contributed by atoms with van der Waals surface area (Å²) in [5.74, 6) is 1.10. The fraction of sp³-hybridized carbons (Fsp3) is 0.308. The van der Waals surface area contributed by atoms with E-state index in [1.807, 2.05) is 19.1 Å². The molecule has 0 fully saturated rings. The molecule has 0 unspecified atom stereocenters. The molecule has 1 aliphatic heterocycles. The van der Waals surface area contributed by atoms with Crippen LogP contribution in [0.25, 0.3) is 4.91 Å². The van der Waals surface area contributed by atoms with Crippen LogP contribution in [0, 0.1) is 0 Å². The van der Waals surface area contributed by atoms with Crippen LogP contribution in [0.5, 0.6) is 5.75 Å². The van der Waals surface area contributed by atoms with Crippen LogP contribution in [0.3, 0.4) is 0 Å². The van der Waals surface area contributed by atoms with Gasteiger partial charge in [0.2, 0.25) is 6.41 Å². The summed E-state index contributed by atoms with van der Waals surface area (Å²) in [4.78, 5) is 13.2. The predicted octanol–water partition coefficient (Wildman–Crippen LogP) is 1.96. The van der Waals surface area contributed by atoms with Gasteiger partial charge in [-0.1, -0.05) is 12.1 Å². The van der Waals surface area contributed by atoms with Gasteiger partial charge < -0.3 is 15.3 Å². The summed E-state index contributed by atoms with van der Waals surface area (Å²) in [5, 5.41) is 13.2. The molecule has 18 heavy (non-hydrogen) atoms. The maximum atomic E-state index is 10.6. The number of rotatable bonds is 4. The Morgan fingerprint density at radius 3 is 2.89 bits per heavy atom. The van der Waals surface area contributed by atoms with Crippen LogP contribution in [0.15, 0.2) is 23.9 Å².